The summed E-state index contributed by atoms with van der Waals surface area (Å²) >= 11 is 0. The molecule has 0 aromatic heterocycles. The van der Waals surface area contributed by atoms with Crippen LogP contribution in [0.15, 0.2) is 24.3 Å². The highest BCUT2D eigenvalue weighted by atomic mass is 31.2. The van der Waals surface area contributed by atoms with Crippen LogP contribution >= 0.6 is 7.82 Å². The Morgan fingerprint density at radius 3 is 1.45 bits per heavy atom. The molecule has 0 amide bonds. The first-order valence-corrected chi connectivity index (χ1v) is 23.1. The third kappa shape index (κ3) is 25.6. The van der Waals surface area contributed by atoms with E-state index in [-0.39, 0.29) is 12.8 Å². The van der Waals surface area contributed by atoms with Gasteiger partial charge in [-0.15, -0.1) is 0 Å². The van der Waals surface area contributed by atoms with Gasteiger partial charge in [0.25, 0.3) is 0 Å². The van der Waals surface area contributed by atoms with E-state index in [1.54, 1.807) is 0 Å². The number of phosphoric acid groups is 1. The molecule has 0 heterocycles. The van der Waals surface area contributed by atoms with Crippen molar-refractivity contribution in [2.75, 3.05) is 13.2 Å². The van der Waals surface area contributed by atoms with Crippen molar-refractivity contribution in [2.45, 2.75) is 217 Å². The highest BCUT2D eigenvalue weighted by molar-refractivity contribution is 7.47. The monoisotopic (exact) mass is 821 g/mol. The van der Waals surface area contributed by atoms with Crippen molar-refractivity contribution in [3.8, 4) is 0 Å². The Morgan fingerprint density at radius 2 is 0.964 bits per heavy atom. The van der Waals surface area contributed by atoms with Gasteiger partial charge in [-0.1, -0.05) is 141 Å². The SMILES string of the molecule is CCCCCCC/C=C\C/C=C\CCCCCCCCCCCC(=O)OC(COC(=O)CCCCCCCC)COP(=O)(O)OC1C(O)C(O)C(O)C(O)C1O. The first-order valence-electron chi connectivity index (χ1n) is 21.6. The normalized spacial score (nSPS) is 23.1. The number of carbonyl (C=O) groups is 2. The number of rotatable bonds is 35. The van der Waals surface area contributed by atoms with Gasteiger partial charge >= 0.3 is 19.8 Å². The maximum atomic E-state index is 12.7. The summed E-state index contributed by atoms with van der Waals surface area (Å²) in [7, 11) is -5.10. The fourth-order valence-corrected chi connectivity index (χ4v) is 7.47. The number of esters is 2. The van der Waals surface area contributed by atoms with E-state index in [2.05, 4.69) is 38.2 Å². The molecule has 1 rings (SSSR count). The molecule has 0 bridgehead atoms. The molecule has 1 saturated carbocycles. The van der Waals surface area contributed by atoms with Gasteiger partial charge in [0.2, 0.25) is 0 Å². The van der Waals surface area contributed by atoms with E-state index in [4.69, 9.17) is 18.5 Å². The summed E-state index contributed by atoms with van der Waals surface area (Å²) in [6.45, 7) is 3.19. The lowest BCUT2D eigenvalue weighted by molar-refractivity contribution is -0.220. The number of aliphatic hydroxyl groups excluding tert-OH is 5. The highest BCUT2D eigenvalue weighted by Crippen LogP contribution is 2.47. The van der Waals surface area contributed by atoms with Gasteiger partial charge < -0.3 is 39.9 Å². The smallest absolute Gasteiger partial charge is 0.462 e. The van der Waals surface area contributed by atoms with E-state index in [1.165, 1.54) is 64.2 Å². The molecule has 0 spiro atoms. The summed E-state index contributed by atoms with van der Waals surface area (Å²) < 4.78 is 33.3. The third-order valence-corrected chi connectivity index (χ3v) is 11.0. The van der Waals surface area contributed by atoms with Crippen LogP contribution in [0.4, 0.5) is 0 Å². The fraction of sp³-hybridized carbons (Fsp3) is 0.857. The van der Waals surface area contributed by atoms with Gasteiger partial charge in [-0.3, -0.25) is 18.6 Å². The number of hydrogen-bond acceptors (Lipinski definition) is 12. The van der Waals surface area contributed by atoms with Gasteiger partial charge in [-0.2, -0.15) is 0 Å². The minimum absolute atomic E-state index is 0.0937. The van der Waals surface area contributed by atoms with Crippen LogP contribution in [0.1, 0.15) is 174 Å². The van der Waals surface area contributed by atoms with Crippen LogP contribution in [0.3, 0.4) is 0 Å². The molecule has 1 aliphatic carbocycles. The zero-order chi connectivity index (χ0) is 41.4. The van der Waals surface area contributed by atoms with Gasteiger partial charge in [0, 0.05) is 12.8 Å². The summed E-state index contributed by atoms with van der Waals surface area (Å²) in [5.41, 5.74) is 0. The lowest BCUT2D eigenvalue weighted by Crippen LogP contribution is -2.64. The molecule has 0 aliphatic heterocycles. The molecule has 1 fully saturated rings. The summed E-state index contributed by atoms with van der Waals surface area (Å²) in [5, 5.41) is 49.9. The molecule has 0 aromatic carbocycles. The van der Waals surface area contributed by atoms with Crippen molar-refractivity contribution in [3.05, 3.63) is 24.3 Å². The summed E-state index contributed by atoms with van der Waals surface area (Å²) in [6, 6.07) is 0. The van der Waals surface area contributed by atoms with Crippen LogP contribution in [0, 0.1) is 0 Å². The topological polar surface area (TPSA) is 210 Å². The van der Waals surface area contributed by atoms with Crippen LogP contribution in [-0.2, 0) is 32.7 Å². The van der Waals surface area contributed by atoms with E-state index >= 15 is 0 Å². The van der Waals surface area contributed by atoms with Crippen molar-refractivity contribution < 1.29 is 63.1 Å². The van der Waals surface area contributed by atoms with Crippen molar-refractivity contribution in [1.29, 1.82) is 0 Å². The summed E-state index contributed by atoms with van der Waals surface area (Å²) in [6.07, 6.45) is 21.4. The average Bonchev–Trinajstić information content (AvgIpc) is 3.18. The minimum atomic E-state index is -5.10. The van der Waals surface area contributed by atoms with Crippen molar-refractivity contribution >= 4 is 19.8 Å². The molecular formula is C42H77O13P. The van der Waals surface area contributed by atoms with Gasteiger partial charge in [-0.05, 0) is 44.9 Å². The number of hydrogen-bond donors (Lipinski definition) is 6. The number of aliphatic hydroxyl groups is 5. The second-order valence-electron chi connectivity index (χ2n) is 15.2. The van der Waals surface area contributed by atoms with Gasteiger partial charge in [0.1, 0.15) is 43.2 Å². The quantitative estimate of drug-likeness (QED) is 0.0157. The van der Waals surface area contributed by atoms with E-state index in [0.29, 0.717) is 12.8 Å². The molecule has 14 heteroatoms. The average molecular weight is 821 g/mol. The predicted molar refractivity (Wildman–Crippen MR) is 217 cm³/mol. The maximum Gasteiger partial charge on any atom is 0.472 e. The molecule has 328 valence electrons. The minimum Gasteiger partial charge on any atom is -0.462 e. The largest absolute Gasteiger partial charge is 0.472 e. The van der Waals surface area contributed by atoms with Gasteiger partial charge in [0.05, 0.1) is 6.61 Å². The van der Waals surface area contributed by atoms with Crippen LogP contribution in [0.2, 0.25) is 0 Å². The zero-order valence-corrected chi connectivity index (χ0v) is 35.3. The van der Waals surface area contributed by atoms with E-state index in [1.807, 2.05) is 0 Å². The zero-order valence-electron chi connectivity index (χ0n) is 34.4. The summed E-state index contributed by atoms with van der Waals surface area (Å²) in [5.74, 6) is -1.11. The number of allylic oxidation sites excluding steroid dienone is 4. The van der Waals surface area contributed by atoms with E-state index in [0.717, 1.165) is 70.6 Å². The second kappa shape index (κ2) is 33.2. The highest BCUT2D eigenvalue weighted by Gasteiger charge is 2.51. The molecule has 0 aromatic rings. The molecule has 6 N–H and O–H groups in total. The summed E-state index contributed by atoms with van der Waals surface area (Å²) in [4.78, 5) is 35.4. The van der Waals surface area contributed by atoms with Gasteiger partial charge in [-0.25, -0.2) is 4.57 Å². The molecule has 6 atom stereocenters. The van der Waals surface area contributed by atoms with Gasteiger partial charge in [0.15, 0.2) is 6.10 Å². The Hall–Kier alpha value is -1.67. The third-order valence-electron chi connectivity index (χ3n) is 10.0. The Kier molecular flexibility index (Phi) is 31.0. The number of unbranched alkanes of at least 4 members (excludes halogenated alkanes) is 19. The molecule has 56 heavy (non-hydrogen) atoms. The van der Waals surface area contributed by atoms with Crippen molar-refractivity contribution in [1.82, 2.24) is 0 Å². The molecule has 6 unspecified atom stereocenters. The number of ether oxygens (including phenoxy) is 2. The fourth-order valence-electron chi connectivity index (χ4n) is 6.49. The second-order valence-corrected chi connectivity index (χ2v) is 16.6. The molecule has 13 nitrogen and oxygen atoms in total. The molecular weight excluding hydrogens is 743 g/mol. The Balaban J connectivity index is 2.38. The molecule has 0 radical (unpaired) electrons. The Bertz CT molecular complexity index is 1090. The lowest BCUT2D eigenvalue weighted by atomic mass is 9.85. The van der Waals surface area contributed by atoms with Crippen molar-refractivity contribution in [2.24, 2.45) is 0 Å². The predicted octanol–water partition coefficient (Wildman–Crippen LogP) is 7.67. The lowest BCUT2D eigenvalue weighted by Gasteiger charge is -2.41. The number of phosphoric ester groups is 1. The first kappa shape index (κ1) is 52.3. The van der Waals surface area contributed by atoms with E-state index < -0.39 is 75.7 Å². The standard InChI is InChI=1S/C42H77O13P/c1-3-5-7-9-11-12-13-14-15-16-17-18-19-20-21-22-23-24-25-27-29-31-36(44)54-34(32-52-35(43)30-28-26-10-8-6-4-2)33-53-56(50,51)55-42-40(48)38(46)37(45)39(47)41(42)49/h13-14,16-17,34,37-42,45-49H,3-12,15,18-33H2,1-2H3,(H,50,51)/b14-13-,17-16-. The van der Waals surface area contributed by atoms with E-state index in [9.17, 15) is 44.6 Å². The van der Waals surface area contributed by atoms with Crippen LogP contribution < -0.4 is 0 Å². The van der Waals surface area contributed by atoms with Crippen molar-refractivity contribution in [3.63, 3.8) is 0 Å². The van der Waals surface area contributed by atoms with Crippen LogP contribution in [0.5, 0.6) is 0 Å². The molecule has 0 saturated heterocycles. The molecule has 1 aliphatic rings. The maximum absolute atomic E-state index is 12.7. The Labute approximate surface area is 336 Å². The number of carbonyl (C=O) groups excluding carboxylic acids is 2. The van der Waals surface area contributed by atoms with Crippen LogP contribution in [0.25, 0.3) is 0 Å². The van der Waals surface area contributed by atoms with Crippen LogP contribution in [-0.4, -0.2) is 98.3 Å². The Morgan fingerprint density at radius 1 is 0.554 bits per heavy atom. The first-order chi connectivity index (χ1) is 26.9.